The molecule has 1 aromatic rings. The van der Waals surface area contributed by atoms with Crippen molar-refractivity contribution < 1.29 is 14.7 Å². The molecule has 0 spiro atoms. The van der Waals surface area contributed by atoms with Gasteiger partial charge < -0.3 is 21.5 Å². The number of nitrogen functional groups attached to an aromatic ring is 1. The number of amides is 1. The highest BCUT2D eigenvalue weighted by Gasteiger charge is 2.28. The van der Waals surface area contributed by atoms with Crippen molar-refractivity contribution in [2.24, 2.45) is 5.92 Å². The molecule has 0 saturated heterocycles. The average molecular weight is 263 g/mol. The fraction of sp³-hybridized carbons (Fsp3) is 0.385. The lowest BCUT2D eigenvalue weighted by atomic mass is 10.1. The van der Waals surface area contributed by atoms with Crippen LogP contribution in [0.15, 0.2) is 18.2 Å². The zero-order chi connectivity index (χ0) is 13.8. The number of carboxylic acid groups (broad SMARTS) is 1. The summed E-state index contributed by atoms with van der Waals surface area (Å²) in [5.74, 6) is -0.766. The van der Waals surface area contributed by atoms with Crippen LogP contribution in [0.1, 0.15) is 23.2 Å². The van der Waals surface area contributed by atoms with Gasteiger partial charge in [0.1, 0.15) is 0 Å². The van der Waals surface area contributed by atoms with Gasteiger partial charge in [-0.05, 0) is 25.0 Å². The second-order valence-electron chi connectivity index (χ2n) is 4.56. The van der Waals surface area contributed by atoms with Crippen LogP contribution in [0.3, 0.4) is 0 Å². The Bertz CT molecular complexity index is 498. The molecule has 2 rings (SSSR count). The standard InChI is InChI=1S/C13H17N3O3/c14-11-9(13(18)19)2-1-3-10(11)15-6-7-16-12(17)8-4-5-8/h1-3,8,15H,4-7,14H2,(H,16,17)(H,18,19). The second-order valence-corrected chi connectivity index (χ2v) is 4.56. The molecule has 0 heterocycles. The van der Waals surface area contributed by atoms with Crippen molar-refractivity contribution in [3.05, 3.63) is 23.8 Å². The molecule has 1 saturated carbocycles. The van der Waals surface area contributed by atoms with Crippen molar-refractivity contribution in [2.45, 2.75) is 12.8 Å². The molecule has 0 atom stereocenters. The quantitative estimate of drug-likeness (QED) is 0.451. The van der Waals surface area contributed by atoms with E-state index in [0.29, 0.717) is 18.8 Å². The normalized spacial score (nSPS) is 13.9. The van der Waals surface area contributed by atoms with Gasteiger partial charge in [-0.15, -0.1) is 0 Å². The number of carbonyl (C=O) groups excluding carboxylic acids is 1. The number of benzene rings is 1. The van der Waals surface area contributed by atoms with Gasteiger partial charge in [0, 0.05) is 19.0 Å². The lowest BCUT2D eigenvalue weighted by molar-refractivity contribution is -0.122. The molecular formula is C13H17N3O3. The summed E-state index contributed by atoms with van der Waals surface area (Å²) in [5, 5.41) is 14.8. The Morgan fingerprint density at radius 1 is 1.32 bits per heavy atom. The highest BCUT2D eigenvalue weighted by molar-refractivity contribution is 5.97. The maximum Gasteiger partial charge on any atom is 0.337 e. The molecule has 19 heavy (non-hydrogen) atoms. The summed E-state index contributed by atoms with van der Waals surface area (Å²) in [6, 6.07) is 4.80. The molecule has 6 heteroatoms. The van der Waals surface area contributed by atoms with E-state index in [4.69, 9.17) is 10.8 Å². The molecule has 5 N–H and O–H groups in total. The van der Waals surface area contributed by atoms with Gasteiger partial charge in [-0.25, -0.2) is 4.79 Å². The zero-order valence-electron chi connectivity index (χ0n) is 10.5. The maximum atomic E-state index is 11.4. The zero-order valence-corrected chi connectivity index (χ0v) is 10.5. The summed E-state index contributed by atoms with van der Waals surface area (Å²) < 4.78 is 0. The van der Waals surface area contributed by atoms with Gasteiger partial charge in [0.05, 0.1) is 16.9 Å². The molecule has 0 unspecified atom stereocenters. The van der Waals surface area contributed by atoms with Crippen molar-refractivity contribution in [3.63, 3.8) is 0 Å². The molecule has 6 nitrogen and oxygen atoms in total. The van der Waals surface area contributed by atoms with Crippen LogP contribution < -0.4 is 16.4 Å². The Morgan fingerprint density at radius 3 is 2.68 bits per heavy atom. The molecule has 1 aliphatic rings. The summed E-state index contributed by atoms with van der Waals surface area (Å²) in [7, 11) is 0. The van der Waals surface area contributed by atoms with Gasteiger partial charge >= 0.3 is 5.97 Å². The maximum absolute atomic E-state index is 11.4. The van der Waals surface area contributed by atoms with Crippen LogP contribution in [0, 0.1) is 5.92 Å². The first-order valence-electron chi connectivity index (χ1n) is 6.23. The van der Waals surface area contributed by atoms with E-state index in [0.717, 1.165) is 12.8 Å². The highest BCUT2D eigenvalue weighted by atomic mass is 16.4. The molecule has 1 fully saturated rings. The lowest BCUT2D eigenvalue weighted by Crippen LogP contribution is -2.30. The number of aromatic carboxylic acids is 1. The highest BCUT2D eigenvalue weighted by Crippen LogP contribution is 2.28. The van der Waals surface area contributed by atoms with Gasteiger partial charge in [-0.3, -0.25) is 4.79 Å². The van der Waals surface area contributed by atoms with E-state index in [1.165, 1.54) is 6.07 Å². The number of nitrogens with one attached hydrogen (secondary N) is 2. The Kier molecular flexibility index (Phi) is 3.89. The van der Waals surface area contributed by atoms with E-state index in [1.807, 2.05) is 0 Å². The molecule has 102 valence electrons. The van der Waals surface area contributed by atoms with Crippen LogP contribution in [0.25, 0.3) is 0 Å². The predicted molar refractivity (Wildman–Crippen MR) is 72.0 cm³/mol. The van der Waals surface area contributed by atoms with Crippen molar-refractivity contribution >= 4 is 23.3 Å². The number of para-hydroxylation sites is 1. The van der Waals surface area contributed by atoms with Crippen LogP contribution in [0.5, 0.6) is 0 Å². The van der Waals surface area contributed by atoms with Gasteiger partial charge in [-0.1, -0.05) is 6.07 Å². The fourth-order valence-electron chi connectivity index (χ4n) is 1.78. The molecule has 1 amide bonds. The number of rotatable bonds is 6. The van der Waals surface area contributed by atoms with Crippen molar-refractivity contribution in [1.29, 1.82) is 0 Å². The molecule has 1 aliphatic carbocycles. The smallest absolute Gasteiger partial charge is 0.337 e. The van der Waals surface area contributed by atoms with E-state index >= 15 is 0 Å². The van der Waals surface area contributed by atoms with Crippen LogP contribution in [-0.4, -0.2) is 30.1 Å². The van der Waals surface area contributed by atoms with Crippen LogP contribution >= 0.6 is 0 Å². The first kappa shape index (κ1) is 13.2. The van der Waals surface area contributed by atoms with Crippen molar-refractivity contribution in [3.8, 4) is 0 Å². The molecule has 1 aromatic carbocycles. The number of carboxylic acids is 1. The lowest BCUT2D eigenvalue weighted by Gasteiger charge is -2.11. The van der Waals surface area contributed by atoms with E-state index < -0.39 is 5.97 Å². The Labute approximate surface area is 111 Å². The van der Waals surface area contributed by atoms with Gasteiger partial charge in [-0.2, -0.15) is 0 Å². The minimum absolute atomic E-state index is 0.0759. The van der Waals surface area contributed by atoms with E-state index in [1.54, 1.807) is 12.1 Å². The first-order valence-corrected chi connectivity index (χ1v) is 6.23. The first-order chi connectivity index (χ1) is 9.09. The monoisotopic (exact) mass is 263 g/mol. The number of hydrogen-bond donors (Lipinski definition) is 4. The predicted octanol–water partition coefficient (Wildman–Crippen LogP) is 0.905. The number of hydrogen-bond acceptors (Lipinski definition) is 4. The van der Waals surface area contributed by atoms with Gasteiger partial charge in [0.2, 0.25) is 5.91 Å². The molecule has 0 radical (unpaired) electrons. The topological polar surface area (TPSA) is 104 Å². The van der Waals surface area contributed by atoms with E-state index in [2.05, 4.69) is 10.6 Å². The Hall–Kier alpha value is -2.24. The Morgan fingerprint density at radius 2 is 2.05 bits per heavy atom. The van der Waals surface area contributed by atoms with Gasteiger partial charge in [0.25, 0.3) is 0 Å². The average Bonchev–Trinajstić information content (AvgIpc) is 3.19. The van der Waals surface area contributed by atoms with E-state index in [9.17, 15) is 9.59 Å². The molecular weight excluding hydrogens is 246 g/mol. The number of anilines is 2. The van der Waals surface area contributed by atoms with Crippen LogP contribution in [0.2, 0.25) is 0 Å². The van der Waals surface area contributed by atoms with E-state index in [-0.39, 0.29) is 23.1 Å². The third kappa shape index (κ3) is 3.37. The summed E-state index contributed by atoms with van der Waals surface area (Å²) in [6.45, 7) is 0.998. The third-order valence-electron chi connectivity index (χ3n) is 3.02. The summed E-state index contributed by atoms with van der Waals surface area (Å²) >= 11 is 0. The number of nitrogens with two attached hydrogens (primary N) is 1. The molecule has 0 bridgehead atoms. The second kappa shape index (κ2) is 5.60. The Balaban J connectivity index is 1.83. The largest absolute Gasteiger partial charge is 0.478 e. The van der Waals surface area contributed by atoms with Crippen LogP contribution in [-0.2, 0) is 4.79 Å². The van der Waals surface area contributed by atoms with Crippen molar-refractivity contribution in [2.75, 3.05) is 24.1 Å². The molecule has 0 aromatic heterocycles. The van der Waals surface area contributed by atoms with Crippen molar-refractivity contribution in [1.82, 2.24) is 5.32 Å². The summed E-state index contributed by atoms with van der Waals surface area (Å²) in [4.78, 5) is 22.3. The van der Waals surface area contributed by atoms with Crippen LogP contribution in [0.4, 0.5) is 11.4 Å². The minimum Gasteiger partial charge on any atom is -0.478 e. The molecule has 0 aliphatic heterocycles. The minimum atomic E-state index is -1.05. The number of carbonyl (C=O) groups is 2. The van der Waals surface area contributed by atoms with Gasteiger partial charge in [0.15, 0.2) is 0 Å². The summed E-state index contributed by atoms with van der Waals surface area (Å²) in [6.07, 6.45) is 1.96. The SMILES string of the molecule is Nc1c(NCCNC(=O)C2CC2)cccc1C(=O)O. The fourth-order valence-corrected chi connectivity index (χ4v) is 1.78. The third-order valence-corrected chi connectivity index (χ3v) is 3.02. The summed E-state index contributed by atoms with van der Waals surface area (Å²) in [5.41, 5.74) is 6.61.